The number of fused-ring (bicyclic) bond motifs is 4. The summed E-state index contributed by atoms with van der Waals surface area (Å²) >= 11 is 2.01. The van der Waals surface area contributed by atoms with Crippen LogP contribution in [-0.4, -0.2) is 0 Å². The fraction of sp³-hybridized carbons (Fsp3) is 0.419. The Morgan fingerprint density at radius 1 is 0.375 bits per heavy atom. The molecule has 6 aromatic carbocycles. The molecule has 0 saturated heterocycles. The van der Waals surface area contributed by atoms with Crippen LogP contribution >= 0.6 is 11.8 Å². The molecule has 0 N–H and O–H groups in total. The summed E-state index contributed by atoms with van der Waals surface area (Å²) in [5.74, 6) is 3.37. The Bertz CT molecular complexity index is 2790. The van der Waals surface area contributed by atoms with Gasteiger partial charge in [-0.3, -0.25) is 0 Å². The Hall–Kier alpha value is -4.53. The third-order valence-electron chi connectivity index (χ3n) is 18.3. The van der Waals surface area contributed by atoms with Gasteiger partial charge in [0.15, 0.2) is 0 Å². The monoisotopic (exact) mass is 857 g/mol. The van der Waals surface area contributed by atoms with Crippen molar-refractivity contribution in [3.8, 4) is 22.3 Å². The number of nitrogens with zero attached hydrogens (tertiary/aromatic N) is 1. The molecule has 64 heavy (non-hydrogen) atoms. The largest absolute Gasteiger partial charge is 0.310 e. The van der Waals surface area contributed by atoms with Gasteiger partial charge in [0.2, 0.25) is 0 Å². The minimum Gasteiger partial charge on any atom is -0.310 e. The average molecular weight is 858 g/mol. The van der Waals surface area contributed by atoms with Gasteiger partial charge in [-0.05, 0) is 213 Å². The lowest BCUT2D eigenvalue weighted by Gasteiger charge is -2.63. The second-order valence-corrected chi connectivity index (χ2v) is 25.0. The molecule has 7 aliphatic rings. The van der Waals surface area contributed by atoms with E-state index in [0.717, 1.165) is 23.7 Å². The standard InChI is InChI=1S/C62H67NS/c1-58(2)27-29-60(5,6)53-36-43(17-24-50(53)58)41-13-19-47(20-14-41)63(49-23-25-51-54(38-49)61(7,8)30-28-59(51,3)4)48-21-15-42(16-22-48)44-18-26-57-55(37-44)62(52-11-9-10-12-56(52)64-57)45-32-39-31-40(34-45)35-46(62)33-39/h9-26,36-40,45-46H,27-35H2,1-8H3. The van der Waals surface area contributed by atoms with Gasteiger partial charge in [-0.1, -0.05) is 140 Å². The summed E-state index contributed by atoms with van der Waals surface area (Å²) in [4.78, 5) is 5.49. The molecule has 1 spiro atoms. The van der Waals surface area contributed by atoms with Crippen molar-refractivity contribution in [1.29, 1.82) is 0 Å². The van der Waals surface area contributed by atoms with E-state index in [1.807, 2.05) is 11.8 Å². The van der Waals surface area contributed by atoms with Crippen LogP contribution in [0, 0.1) is 23.7 Å². The summed E-state index contributed by atoms with van der Waals surface area (Å²) in [6.45, 7) is 19.5. The molecule has 0 amide bonds. The highest BCUT2D eigenvalue weighted by atomic mass is 32.2. The van der Waals surface area contributed by atoms with Crippen LogP contribution in [0.2, 0.25) is 0 Å². The molecule has 1 nitrogen and oxygen atoms in total. The zero-order chi connectivity index (χ0) is 44.0. The maximum Gasteiger partial charge on any atom is 0.0464 e. The Morgan fingerprint density at radius 3 is 1.36 bits per heavy atom. The number of anilines is 3. The van der Waals surface area contributed by atoms with Crippen molar-refractivity contribution in [2.24, 2.45) is 23.7 Å². The van der Waals surface area contributed by atoms with E-state index in [-0.39, 0.29) is 27.1 Å². The number of hydrogen-bond donors (Lipinski definition) is 0. The molecule has 13 rings (SSSR count). The summed E-state index contributed by atoms with van der Waals surface area (Å²) in [6.07, 6.45) is 12.0. The highest BCUT2D eigenvalue weighted by Crippen LogP contribution is 2.69. The first-order valence-electron chi connectivity index (χ1n) is 24.8. The molecule has 4 bridgehead atoms. The van der Waals surface area contributed by atoms with Crippen LogP contribution in [0.5, 0.6) is 0 Å². The molecule has 6 aliphatic carbocycles. The van der Waals surface area contributed by atoms with E-state index in [1.165, 1.54) is 129 Å². The van der Waals surface area contributed by atoms with E-state index in [9.17, 15) is 0 Å². The topological polar surface area (TPSA) is 3.24 Å². The van der Waals surface area contributed by atoms with Crippen LogP contribution in [-0.2, 0) is 27.1 Å². The second-order valence-electron chi connectivity index (χ2n) is 23.9. The molecule has 1 aliphatic heterocycles. The van der Waals surface area contributed by atoms with E-state index >= 15 is 0 Å². The maximum atomic E-state index is 2.64. The fourth-order valence-electron chi connectivity index (χ4n) is 14.6. The lowest BCUT2D eigenvalue weighted by molar-refractivity contribution is -0.0443. The van der Waals surface area contributed by atoms with Crippen molar-refractivity contribution in [3.05, 3.63) is 161 Å². The van der Waals surface area contributed by atoms with Gasteiger partial charge in [-0.25, -0.2) is 0 Å². The molecule has 0 radical (unpaired) electrons. The van der Waals surface area contributed by atoms with Gasteiger partial charge < -0.3 is 4.90 Å². The minimum atomic E-state index is 0.120. The Labute approximate surface area is 388 Å². The van der Waals surface area contributed by atoms with Crippen LogP contribution in [0.3, 0.4) is 0 Å². The van der Waals surface area contributed by atoms with Gasteiger partial charge in [0.25, 0.3) is 0 Å². The molecular weight excluding hydrogens is 791 g/mol. The third-order valence-corrected chi connectivity index (χ3v) is 19.4. The maximum absolute atomic E-state index is 2.64. The lowest BCUT2D eigenvalue weighted by Crippen LogP contribution is -2.57. The SMILES string of the molecule is CC1(C)CCC(C)(C)c2cc(-c3ccc(N(c4ccc(-c5ccc6c(c5)C5(c7ccccc7S6)C6CC7CC(C6)CC5C7)cc4)c4ccc5c(c4)C(C)(C)CCC5(C)C)cc3)ccc21. The van der Waals surface area contributed by atoms with Gasteiger partial charge in [0.05, 0.1) is 0 Å². The summed E-state index contributed by atoms with van der Waals surface area (Å²) in [5.41, 5.74) is 19.0. The number of hydrogen-bond acceptors (Lipinski definition) is 2. The van der Waals surface area contributed by atoms with E-state index in [2.05, 4.69) is 188 Å². The van der Waals surface area contributed by atoms with E-state index in [4.69, 9.17) is 0 Å². The summed E-state index contributed by atoms with van der Waals surface area (Å²) in [7, 11) is 0. The molecule has 326 valence electrons. The van der Waals surface area contributed by atoms with E-state index in [0.29, 0.717) is 0 Å². The average Bonchev–Trinajstić information content (AvgIpc) is 3.28. The van der Waals surface area contributed by atoms with E-state index in [1.54, 1.807) is 11.1 Å². The predicted octanol–water partition coefficient (Wildman–Crippen LogP) is 17.4. The highest BCUT2D eigenvalue weighted by molar-refractivity contribution is 7.99. The van der Waals surface area contributed by atoms with Crippen LogP contribution in [0.25, 0.3) is 22.3 Å². The van der Waals surface area contributed by atoms with Crippen LogP contribution in [0.4, 0.5) is 17.1 Å². The van der Waals surface area contributed by atoms with Gasteiger partial charge in [0, 0.05) is 32.3 Å². The van der Waals surface area contributed by atoms with Crippen molar-refractivity contribution < 1.29 is 0 Å². The normalized spacial score (nSPS) is 27.0. The predicted molar refractivity (Wildman–Crippen MR) is 271 cm³/mol. The van der Waals surface area contributed by atoms with Crippen molar-refractivity contribution in [1.82, 2.24) is 0 Å². The van der Waals surface area contributed by atoms with Gasteiger partial charge >= 0.3 is 0 Å². The number of rotatable bonds is 5. The number of benzene rings is 6. The molecule has 0 unspecified atom stereocenters. The summed E-state index contributed by atoms with van der Waals surface area (Å²) in [6, 6.07) is 50.6. The smallest absolute Gasteiger partial charge is 0.0464 e. The molecule has 4 saturated carbocycles. The first-order chi connectivity index (χ1) is 30.6. The van der Waals surface area contributed by atoms with Crippen LogP contribution in [0.15, 0.2) is 137 Å². The molecule has 6 aromatic rings. The van der Waals surface area contributed by atoms with Gasteiger partial charge in [-0.15, -0.1) is 0 Å². The van der Waals surface area contributed by atoms with Gasteiger partial charge in [-0.2, -0.15) is 0 Å². The van der Waals surface area contributed by atoms with Crippen molar-refractivity contribution in [3.63, 3.8) is 0 Å². The van der Waals surface area contributed by atoms with E-state index < -0.39 is 0 Å². The fourth-order valence-corrected chi connectivity index (χ4v) is 15.8. The molecule has 1 heterocycles. The Kier molecular flexibility index (Phi) is 9.11. The zero-order valence-electron chi connectivity index (χ0n) is 39.7. The first-order valence-corrected chi connectivity index (χ1v) is 25.7. The lowest BCUT2D eigenvalue weighted by atomic mass is 9.42. The zero-order valence-corrected chi connectivity index (χ0v) is 40.5. The minimum absolute atomic E-state index is 0.120. The molecule has 0 atom stereocenters. The van der Waals surface area contributed by atoms with Crippen LogP contribution < -0.4 is 4.90 Å². The van der Waals surface area contributed by atoms with Crippen molar-refractivity contribution in [2.75, 3.05) is 4.90 Å². The summed E-state index contributed by atoms with van der Waals surface area (Å²) < 4.78 is 0. The first kappa shape index (κ1) is 40.9. The van der Waals surface area contributed by atoms with Crippen LogP contribution in [0.1, 0.15) is 147 Å². The molecule has 4 fully saturated rings. The highest BCUT2D eigenvalue weighted by Gasteiger charge is 2.60. The van der Waals surface area contributed by atoms with Crippen molar-refractivity contribution >= 4 is 28.8 Å². The molecule has 2 heteroatoms. The Balaban J connectivity index is 0.936. The summed E-state index contributed by atoms with van der Waals surface area (Å²) in [5, 5.41) is 0. The van der Waals surface area contributed by atoms with Gasteiger partial charge in [0.1, 0.15) is 0 Å². The molecule has 0 aromatic heterocycles. The Morgan fingerprint density at radius 2 is 0.797 bits per heavy atom. The second kappa shape index (κ2) is 14.2. The third kappa shape index (κ3) is 6.23. The van der Waals surface area contributed by atoms with Crippen molar-refractivity contribution in [2.45, 2.75) is 150 Å². The quantitative estimate of drug-likeness (QED) is 0.170. The molecular formula is C62H67NS.